The fourth-order valence-electron chi connectivity index (χ4n) is 4.67. The van der Waals surface area contributed by atoms with E-state index in [2.05, 4.69) is 16.8 Å². The number of likely N-dealkylation sites (tertiary alicyclic amines) is 1. The van der Waals surface area contributed by atoms with Gasteiger partial charge in [-0.25, -0.2) is 4.79 Å². The summed E-state index contributed by atoms with van der Waals surface area (Å²) in [6, 6.07) is 8.57. The number of hydrogen-bond donors (Lipinski definition) is 0. The van der Waals surface area contributed by atoms with Gasteiger partial charge in [0.15, 0.2) is 0 Å². The van der Waals surface area contributed by atoms with E-state index in [0.717, 1.165) is 42.0 Å². The van der Waals surface area contributed by atoms with Crippen molar-refractivity contribution < 1.29 is 14.3 Å². The van der Waals surface area contributed by atoms with E-state index in [4.69, 9.17) is 4.74 Å². The zero-order valence-corrected chi connectivity index (χ0v) is 21.1. The summed E-state index contributed by atoms with van der Waals surface area (Å²) in [6.07, 6.45) is 1.91. The average molecular weight is 473 g/mol. The zero-order chi connectivity index (χ0) is 23.6. The monoisotopic (exact) mass is 472 g/mol. The van der Waals surface area contributed by atoms with Crippen LogP contribution in [0.5, 0.6) is 0 Å². The highest BCUT2D eigenvalue weighted by molar-refractivity contribution is 7.17. The fraction of sp³-hybridized carbons (Fsp3) is 0.600. The number of piperidine rings is 1. The lowest BCUT2D eigenvalue weighted by atomic mass is 10.0. The van der Waals surface area contributed by atoms with Gasteiger partial charge in [-0.05, 0) is 59.8 Å². The van der Waals surface area contributed by atoms with Crippen molar-refractivity contribution in [2.75, 3.05) is 57.8 Å². The standard InChI is InChI=1S/C25H36N4O3S/c1-25(2,3)32-24(31)29(21-18-33-22-8-6-5-7-20(21)22)17-23(30)28-15-13-27(14-16-28)19-9-11-26(4)12-10-19/h5-8,18-19H,9-17H2,1-4H3. The van der Waals surface area contributed by atoms with Gasteiger partial charge in [-0.3, -0.25) is 14.6 Å². The second-order valence-corrected chi connectivity index (χ2v) is 11.0. The molecule has 2 saturated heterocycles. The van der Waals surface area contributed by atoms with Gasteiger partial charge in [-0.2, -0.15) is 0 Å². The number of benzene rings is 1. The van der Waals surface area contributed by atoms with Crippen LogP contribution in [0.1, 0.15) is 33.6 Å². The normalized spacial score (nSPS) is 19.1. The quantitative estimate of drug-likeness (QED) is 0.676. The van der Waals surface area contributed by atoms with Crippen molar-refractivity contribution in [3.05, 3.63) is 29.6 Å². The average Bonchev–Trinajstić information content (AvgIpc) is 3.20. The minimum absolute atomic E-state index is 0.0101. The molecule has 2 amide bonds. The van der Waals surface area contributed by atoms with Crippen LogP contribution in [0, 0.1) is 0 Å². The summed E-state index contributed by atoms with van der Waals surface area (Å²) in [4.78, 5) is 34.8. The molecule has 0 unspecified atom stereocenters. The van der Waals surface area contributed by atoms with Crippen LogP contribution in [0.15, 0.2) is 29.6 Å². The number of amides is 2. The maximum atomic E-state index is 13.3. The molecule has 180 valence electrons. The fourth-order valence-corrected chi connectivity index (χ4v) is 5.62. The van der Waals surface area contributed by atoms with Crippen LogP contribution in [-0.4, -0.2) is 91.2 Å². The molecular formula is C25H36N4O3S. The number of fused-ring (bicyclic) bond motifs is 1. The maximum absolute atomic E-state index is 13.3. The number of hydrogen-bond acceptors (Lipinski definition) is 6. The third kappa shape index (κ3) is 5.86. The third-order valence-corrected chi connectivity index (χ3v) is 7.48. The van der Waals surface area contributed by atoms with Crippen LogP contribution in [0.25, 0.3) is 10.1 Å². The molecule has 2 aromatic rings. The first kappa shape index (κ1) is 24.0. The van der Waals surface area contributed by atoms with Gasteiger partial charge in [0.25, 0.3) is 0 Å². The summed E-state index contributed by atoms with van der Waals surface area (Å²) >= 11 is 1.57. The SMILES string of the molecule is CN1CCC(N2CCN(C(=O)CN(C(=O)OC(C)(C)C)c3csc4ccccc34)CC2)CC1. The Labute approximate surface area is 200 Å². The van der Waals surface area contributed by atoms with Crippen molar-refractivity contribution in [3.8, 4) is 0 Å². The van der Waals surface area contributed by atoms with Crippen molar-refractivity contribution in [1.82, 2.24) is 14.7 Å². The van der Waals surface area contributed by atoms with E-state index in [0.29, 0.717) is 19.1 Å². The van der Waals surface area contributed by atoms with Gasteiger partial charge < -0.3 is 14.5 Å². The highest BCUT2D eigenvalue weighted by Crippen LogP contribution is 2.33. The van der Waals surface area contributed by atoms with Gasteiger partial charge >= 0.3 is 6.09 Å². The predicted octanol–water partition coefficient (Wildman–Crippen LogP) is 3.88. The number of thiophene rings is 1. The molecule has 7 nitrogen and oxygen atoms in total. The zero-order valence-electron chi connectivity index (χ0n) is 20.2. The van der Waals surface area contributed by atoms with Crippen molar-refractivity contribution in [3.63, 3.8) is 0 Å². The summed E-state index contributed by atoms with van der Waals surface area (Å²) < 4.78 is 6.76. The molecule has 2 aliphatic rings. The molecule has 3 heterocycles. The molecule has 0 radical (unpaired) electrons. The second kappa shape index (κ2) is 9.99. The van der Waals surface area contributed by atoms with Crippen molar-refractivity contribution in [2.45, 2.75) is 45.3 Å². The lowest BCUT2D eigenvalue weighted by Gasteiger charge is -2.42. The Kier molecular flexibility index (Phi) is 7.26. The molecule has 1 aromatic heterocycles. The number of ether oxygens (including phenoxy) is 1. The van der Waals surface area contributed by atoms with E-state index in [1.165, 1.54) is 17.7 Å². The van der Waals surface area contributed by atoms with Crippen LogP contribution in [0.3, 0.4) is 0 Å². The molecular weight excluding hydrogens is 436 g/mol. The number of piperazine rings is 1. The molecule has 0 N–H and O–H groups in total. The Morgan fingerprint density at radius 1 is 1.06 bits per heavy atom. The first-order valence-corrected chi connectivity index (χ1v) is 12.8. The Hall–Kier alpha value is -2.16. The molecule has 0 atom stereocenters. The summed E-state index contributed by atoms with van der Waals surface area (Å²) in [5.41, 5.74) is 0.104. The lowest BCUT2D eigenvalue weighted by molar-refractivity contribution is -0.132. The maximum Gasteiger partial charge on any atom is 0.415 e. The summed E-state index contributed by atoms with van der Waals surface area (Å²) in [5.74, 6) is -0.0285. The smallest absolute Gasteiger partial charge is 0.415 e. The first-order valence-electron chi connectivity index (χ1n) is 11.9. The van der Waals surface area contributed by atoms with E-state index >= 15 is 0 Å². The number of carbonyl (C=O) groups excluding carboxylic acids is 2. The van der Waals surface area contributed by atoms with Gasteiger partial charge in [0, 0.05) is 47.7 Å². The predicted molar refractivity (Wildman–Crippen MR) is 134 cm³/mol. The molecule has 1 aromatic carbocycles. The first-order chi connectivity index (χ1) is 15.7. The molecule has 2 fully saturated rings. The highest BCUT2D eigenvalue weighted by atomic mass is 32.1. The minimum Gasteiger partial charge on any atom is -0.443 e. The van der Waals surface area contributed by atoms with E-state index in [1.54, 1.807) is 11.3 Å². The molecule has 0 bridgehead atoms. The number of carbonyl (C=O) groups is 2. The molecule has 0 saturated carbocycles. The third-order valence-electron chi connectivity index (χ3n) is 6.53. The second-order valence-electron chi connectivity index (χ2n) is 10.1. The van der Waals surface area contributed by atoms with E-state index in [1.807, 2.05) is 55.3 Å². The molecule has 2 aliphatic heterocycles. The van der Waals surface area contributed by atoms with Crippen LogP contribution in [0.4, 0.5) is 10.5 Å². The van der Waals surface area contributed by atoms with Crippen molar-refractivity contribution in [2.24, 2.45) is 0 Å². The van der Waals surface area contributed by atoms with Gasteiger partial charge in [0.05, 0.1) is 5.69 Å². The van der Waals surface area contributed by atoms with Crippen LogP contribution in [-0.2, 0) is 9.53 Å². The molecule has 33 heavy (non-hydrogen) atoms. The van der Waals surface area contributed by atoms with E-state index < -0.39 is 11.7 Å². The Morgan fingerprint density at radius 3 is 2.39 bits per heavy atom. The Balaban J connectivity index is 1.44. The molecule has 0 aliphatic carbocycles. The summed E-state index contributed by atoms with van der Waals surface area (Å²) in [7, 11) is 2.18. The Bertz CT molecular complexity index is 969. The minimum atomic E-state index is -0.635. The summed E-state index contributed by atoms with van der Waals surface area (Å²) in [6.45, 7) is 11.0. The lowest BCUT2D eigenvalue weighted by Crippen LogP contribution is -2.55. The van der Waals surface area contributed by atoms with Gasteiger partial charge in [-0.15, -0.1) is 11.3 Å². The number of nitrogens with zero attached hydrogens (tertiary/aromatic N) is 4. The van der Waals surface area contributed by atoms with Crippen LogP contribution >= 0.6 is 11.3 Å². The van der Waals surface area contributed by atoms with Crippen molar-refractivity contribution >= 4 is 39.1 Å². The van der Waals surface area contributed by atoms with E-state index in [-0.39, 0.29) is 12.5 Å². The summed E-state index contributed by atoms with van der Waals surface area (Å²) in [5, 5.41) is 2.91. The van der Waals surface area contributed by atoms with Gasteiger partial charge in [-0.1, -0.05) is 18.2 Å². The Morgan fingerprint density at radius 2 is 1.73 bits per heavy atom. The van der Waals surface area contributed by atoms with Gasteiger partial charge in [0.1, 0.15) is 12.1 Å². The number of rotatable bonds is 4. The van der Waals surface area contributed by atoms with Crippen molar-refractivity contribution in [1.29, 1.82) is 0 Å². The molecule has 4 rings (SSSR count). The van der Waals surface area contributed by atoms with Gasteiger partial charge in [0.2, 0.25) is 5.91 Å². The number of anilines is 1. The largest absolute Gasteiger partial charge is 0.443 e. The molecule has 0 spiro atoms. The van der Waals surface area contributed by atoms with E-state index in [9.17, 15) is 9.59 Å². The van der Waals surface area contributed by atoms with Crippen LogP contribution < -0.4 is 4.90 Å². The topological polar surface area (TPSA) is 56.3 Å². The van der Waals surface area contributed by atoms with Crippen LogP contribution in [0.2, 0.25) is 0 Å². The molecule has 8 heteroatoms. The highest BCUT2D eigenvalue weighted by Gasteiger charge is 2.32.